The van der Waals surface area contributed by atoms with Gasteiger partial charge in [0.25, 0.3) is 0 Å². The van der Waals surface area contributed by atoms with E-state index in [1.54, 1.807) is 6.26 Å². The van der Waals surface area contributed by atoms with Gasteiger partial charge >= 0.3 is 0 Å². The van der Waals surface area contributed by atoms with Gasteiger partial charge in [-0.15, -0.1) is 0 Å². The average Bonchev–Trinajstić information content (AvgIpc) is 2.29. The summed E-state index contributed by atoms with van der Waals surface area (Å²) in [5.74, 6) is 0. The van der Waals surface area contributed by atoms with Gasteiger partial charge in [-0.25, -0.2) is 4.98 Å². The Balaban J connectivity index is 2.33. The molecule has 0 unspecified atom stereocenters. The third-order valence-electron chi connectivity index (χ3n) is 2.17. The largest absolute Gasteiger partial charge is 0.501 e. The minimum atomic E-state index is 0.678. The Kier molecular flexibility index (Phi) is 3.57. The lowest BCUT2D eigenvalue weighted by atomic mass is 10.2. The van der Waals surface area contributed by atoms with Gasteiger partial charge in [-0.2, -0.15) is 0 Å². The molecule has 1 aromatic carbocycles. The summed E-state index contributed by atoms with van der Waals surface area (Å²) in [5, 5.41) is 1.13. The van der Waals surface area contributed by atoms with E-state index in [1.165, 1.54) is 0 Å². The lowest BCUT2D eigenvalue weighted by molar-refractivity contribution is 0.272. The molecule has 3 heteroatoms. The Morgan fingerprint density at radius 3 is 3.00 bits per heavy atom. The number of pyridine rings is 1. The summed E-state index contributed by atoms with van der Waals surface area (Å²) < 4.78 is 6.21. The van der Waals surface area contributed by atoms with Crippen molar-refractivity contribution in [3.8, 4) is 0 Å². The Labute approximate surface area is 103 Å². The van der Waals surface area contributed by atoms with Crippen LogP contribution in [0.15, 0.2) is 41.1 Å². The summed E-state index contributed by atoms with van der Waals surface area (Å²) in [6.45, 7) is 2.63. The first-order chi connectivity index (χ1) is 7.79. The number of hydrogen-bond donors (Lipinski definition) is 0. The van der Waals surface area contributed by atoms with Gasteiger partial charge in [-0.1, -0.05) is 22.0 Å². The van der Waals surface area contributed by atoms with Crippen molar-refractivity contribution in [1.29, 1.82) is 0 Å². The van der Waals surface area contributed by atoms with E-state index in [1.807, 2.05) is 31.2 Å². The fourth-order valence-corrected chi connectivity index (χ4v) is 1.80. The highest BCUT2D eigenvalue weighted by atomic mass is 79.9. The van der Waals surface area contributed by atoms with Crippen LogP contribution >= 0.6 is 15.9 Å². The predicted octanol–water partition coefficient (Wildman–Crippen LogP) is 4.00. The van der Waals surface area contributed by atoms with Crippen LogP contribution in [0.5, 0.6) is 0 Å². The molecule has 2 aromatic rings. The van der Waals surface area contributed by atoms with Crippen LogP contribution in [-0.2, 0) is 4.74 Å². The summed E-state index contributed by atoms with van der Waals surface area (Å²) in [5.41, 5.74) is 1.89. The number of halogens is 1. The second kappa shape index (κ2) is 5.12. The molecule has 0 aliphatic rings. The van der Waals surface area contributed by atoms with E-state index in [-0.39, 0.29) is 0 Å². The monoisotopic (exact) mass is 277 g/mol. The van der Waals surface area contributed by atoms with Gasteiger partial charge in [0, 0.05) is 9.86 Å². The number of rotatable bonds is 3. The van der Waals surface area contributed by atoms with Gasteiger partial charge in [0.1, 0.15) is 0 Å². The van der Waals surface area contributed by atoms with Crippen LogP contribution in [0.25, 0.3) is 17.0 Å². The standard InChI is InChI=1S/C13H12BrNO/c1-2-16-8-7-12-5-3-10-9-11(14)4-6-13(10)15-12/h3-9H,2H2,1H3. The molecule has 0 spiro atoms. The van der Waals surface area contributed by atoms with Gasteiger partial charge in [0.15, 0.2) is 0 Å². The second-order valence-corrected chi connectivity index (χ2v) is 4.25. The van der Waals surface area contributed by atoms with Crippen molar-refractivity contribution in [2.24, 2.45) is 0 Å². The summed E-state index contributed by atoms with van der Waals surface area (Å²) in [7, 11) is 0. The minimum Gasteiger partial charge on any atom is -0.501 e. The lowest BCUT2D eigenvalue weighted by Gasteiger charge is -1.99. The van der Waals surface area contributed by atoms with E-state index in [2.05, 4.69) is 33.0 Å². The summed E-state index contributed by atoms with van der Waals surface area (Å²) >= 11 is 3.44. The number of hydrogen-bond acceptors (Lipinski definition) is 2. The summed E-state index contributed by atoms with van der Waals surface area (Å²) in [4.78, 5) is 4.50. The van der Waals surface area contributed by atoms with Gasteiger partial charge in [-0.05, 0) is 37.3 Å². The van der Waals surface area contributed by atoms with Gasteiger partial charge in [0.2, 0.25) is 0 Å². The van der Waals surface area contributed by atoms with Crippen LogP contribution in [0.4, 0.5) is 0 Å². The SMILES string of the molecule is CCOC=Cc1ccc2cc(Br)ccc2n1. The first-order valence-corrected chi connectivity index (χ1v) is 5.93. The van der Waals surface area contributed by atoms with E-state index in [0.717, 1.165) is 21.1 Å². The molecule has 2 nitrogen and oxygen atoms in total. The molecule has 16 heavy (non-hydrogen) atoms. The number of aromatic nitrogens is 1. The topological polar surface area (TPSA) is 22.1 Å². The quantitative estimate of drug-likeness (QED) is 0.791. The lowest BCUT2D eigenvalue weighted by Crippen LogP contribution is -1.84. The molecule has 1 heterocycles. The molecule has 1 aromatic heterocycles. The van der Waals surface area contributed by atoms with E-state index in [4.69, 9.17) is 4.74 Å². The molecule has 0 atom stereocenters. The average molecular weight is 278 g/mol. The molecule has 82 valence electrons. The van der Waals surface area contributed by atoms with Crippen LogP contribution in [0.2, 0.25) is 0 Å². The first kappa shape index (κ1) is 11.1. The molecule has 0 amide bonds. The maximum absolute atomic E-state index is 5.14. The Hall–Kier alpha value is -1.35. The smallest absolute Gasteiger partial charge is 0.0850 e. The Morgan fingerprint density at radius 1 is 1.31 bits per heavy atom. The van der Waals surface area contributed by atoms with Crippen molar-refractivity contribution < 1.29 is 4.74 Å². The highest BCUT2D eigenvalue weighted by molar-refractivity contribution is 9.10. The van der Waals surface area contributed by atoms with Gasteiger partial charge in [0.05, 0.1) is 24.1 Å². The van der Waals surface area contributed by atoms with E-state index < -0.39 is 0 Å². The van der Waals surface area contributed by atoms with Crippen molar-refractivity contribution >= 4 is 32.9 Å². The summed E-state index contributed by atoms with van der Waals surface area (Å²) in [6.07, 6.45) is 3.54. The van der Waals surface area contributed by atoms with Crippen molar-refractivity contribution in [3.05, 3.63) is 46.8 Å². The zero-order chi connectivity index (χ0) is 11.4. The van der Waals surface area contributed by atoms with Crippen LogP contribution in [0, 0.1) is 0 Å². The zero-order valence-electron chi connectivity index (χ0n) is 8.98. The first-order valence-electron chi connectivity index (χ1n) is 5.14. The van der Waals surface area contributed by atoms with Crippen LogP contribution in [0.3, 0.4) is 0 Å². The third kappa shape index (κ3) is 2.61. The van der Waals surface area contributed by atoms with Gasteiger partial charge < -0.3 is 4.74 Å². The highest BCUT2D eigenvalue weighted by Crippen LogP contribution is 2.18. The Bertz CT molecular complexity index is 522. The number of fused-ring (bicyclic) bond motifs is 1. The normalized spacial score (nSPS) is 11.1. The van der Waals surface area contributed by atoms with Crippen LogP contribution < -0.4 is 0 Å². The van der Waals surface area contributed by atoms with E-state index in [9.17, 15) is 0 Å². The Morgan fingerprint density at radius 2 is 2.19 bits per heavy atom. The van der Waals surface area contributed by atoms with E-state index >= 15 is 0 Å². The summed E-state index contributed by atoms with van der Waals surface area (Å²) in [6, 6.07) is 10.1. The van der Waals surface area contributed by atoms with Crippen LogP contribution in [0.1, 0.15) is 12.6 Å². The van der Waals surface area contributed by atoms with Crippen LogP contribution in [-0.4, -0.2) is 11.6 Å². The van der Waals surface area contributed by atoms with Crippen molar-refractivity contribution in [3.63, 3.8) is 0 Å². The molecule has 0 N–H and O–H groups in total. The highest BCUT2D eigenvalue weighted by Gasteiger charge is 1.96. The maximum atomic E-state index is 5.14. The molecule has 0 aliphatic carbocycles. The molecule has 2 rings (SSSR count). The van der Waals surface area contributed by atoms with Gasteiger partial charge in [-0.3, -0.25) is 0 Å². The molecule has 0 fully saturated rings. The maximum Gasteiger partial charge on any atom is 0.0850 e. The van der Waals surface area contributed by atoms with Crippen molar-refractivity contribution in [2.45, 2.75) is 6.92 Å². The molecular weight excluding hydrogens is 266 g/mol. The predicted molar refractivity (Wildman–Crippen MR) is 70.1 cm³/mol. The fraction of sp³-hybridized carbons (Fsp3) is 0.154. The molecule has 0 saturated carbocycles. The molecule has 0 aliphatic heterocycles. The third-order valence-corrected chi connectivity index (χ3v) is 2.67. The molecule has 0 bridgehead atoms. The molecule has 0 radical (unpaired) electrons. The van der Waals surface area contributed by atoms with Crippen molar-refractivity contribution in [2.75, 3.05) is 6.61 Å². The number of benzene rings is 1. The second-order valence-electron chi connectivity index (χ2n) is 3.33. The van der Waals surface area contributed by atoms with E-state index in [0.29, 0.717) is 6.61 Å². The minimum absolute atomic E-state index is 0.678. The molecule has 0 saturated heterocycles. The number of ether oxygens (including phenoxy) is 1. The molecular formula is C13H12BrNO. The number of nitrogens with zero attached hydrogens (tertiary/aromatic N) is 1. The van der Waals surface area contributed by atoms with Crippen molar-refractivity contribution in [1.82, 2.24) is 4.98 Å². The zero-order valence-corrected chi connectivity index (χ0v) is 10.6. The fourth-order valence-electron chi connectivity index (χ4n) is 1.42.